The van der Waals surface area contributed by atoms with Crippen molar-refractivity contribution in [1.82, 2.24) is 10.4 Å². The van der Waals surface area contributed by atoms with E-state index in [1.807, 2.05) is 12.1 Å². The third kappa shape index (κ3) is 2.10. The van der Waals surface area contributed by atoms with Crippen molar-refractivity contribution in [2.75, 3.05) is 5.43 Å². The lowest BCUT2D eigenvalue weighted by molar-refractivity contribution is 0.250. The van der Waals surface area contributed by atoms with Crippen LogP contribution in [0.15, 0.2) is 47.8 Å². The fraction of sp³-hybridized carbons (Fsp3) is 0. The van der Waals surface area contributed by atoms with Crippen LogP contribution in [0.5, 0.6) is 0 Å². The van der Waals surface area contributed by atoms with Crippen LogP contribution in [0.2, 0.25) is 0 Å². The molecule has 7 heteroatoms. The number of amides is 2. The Morgan fingerprint density at radius 3 is 2.52 bits per heavy atom. The maximum atomic E-state index is 11.3. The minimum absolute atomic E-state index is 0.194. The number of nitrogens with zero attached hydrogens (tertiary/aromatic N) is 2. The summed E-state index contributed by atoms with van der Waals surface area (Å²) in [7, 11) is 0. The molecule has 3 rings (SSSR count). The van der Waals surface area contributed by atoms with E-state index in [1.54, 1.807) is 30.5 Å². The first-order valence-corrected chi connectivity index (χ1v) is 6.16. The maximum absolute atomic E-state index is 11.3. The molecule has 2 amide bonds. The molecule has 0 fully saturated rings. The number of anilines is 1. The topological polar surface area (TPSA) is 109 Å². The Morgan fingerprint density at radius 1 is 1.10 bits per heavy atom. The van der Waals surface area contributed by atoms with E-state index in [1.165, 1.54) is 0 Å². The van der Waals surface area contributed by atoms with E-state index in [4.69, 9.17) is 5.73 Å². The van der Waals surface area contributed by atoms with Crippen LogP contribution in [-0.2, 0) is 0 Å². The van der Waals surface area contributed by atoms with Crippen molar-refractivity contribution in [3.8, 4) is 0 Å². The van der Waals surface area contributed by atoms with Crippen LogP contribution in [0, 0.1) is 4.91 Å². The number of hydrogen-bond acceptors (Lipinski definition) is 5. The van der Waals surface area contributed by atoms with Gasteiger partial charge in [0.25, 0.3) is 0 Å². The highest BCUT2D eigenvalue weighted by molar-refractivity contribution is 6.17. The number of hydrogen-bond donors (Lipinski definition) is 3. The monoisotopic (exact) mass is 281 g/mol. The molecule has 3 aromatic rings. The number of nitrogens with one attached hydrogen (secondary N) is 2. The second kappa shape index (κ2) is 5.04. The van der Waals surface area contributed by atoms with Crippen molar-refractivity contribution in [3.05, 3.63) is 47.5 Å². The summed E-state index contributed by atoms with van der Waals surface area (Å²) in [4.78, 5) is 26.5. The lowest BCUT2D eigenvalue weighted by atomic mass is 10.0. The molecular formula is C14H11N5O2. The second-order valence-electron chi connectivity index (χ2n) is 4.37. The van der Waals surface area contributed by atoms with Gasteiger partial charge >= 0.3 is 6.03 Å². The normalized spacial score (nSPS) is 10.5. The van der Waals surface area contributed by atoms with Crippen LogP contribution in [-0.4, -0.2) is 11.0 Å². The smallest absolute Gasteiger partial charge is 0.330 e. The summed E-state index contributed by atoms with van der Waals surface area (Å²) in [5, 5.41) is 5.22. The van der Waals surface area contributed by atoms with Crippen LogP contribution in [0.25, 0.3) is 21.7 Å². The molecule has 0 spiro atoms. The molecule has 7 nitrogen and oxygen atoms in total. The molecule has 0 unspecified atom stereocenters. The van der Waals surface area contributed by atoms with Crippen molar-refractivity contribution in [3.63, 3.8) is 0 Å². The van der Waals surface area contributed by atoms with E-state index in [0.717, 1.165) is 5.39 Å². The van der Waals surface area contributed by atoms with E-state index in [2.05, 4.69) is 21.0 Å². The minimum Gasteiger partial charge on any atom is -0.350 e. The quantitative estimate of drug-likeness (QED) is 0.389. The SMILES string of the molecule is NC(=O)NNc1c(N=O)c2ccccc2c2ncccc12. The van der Waals surface area contributed by atoms with Gasteiger partial charge in [-0.3, -0.25) is 15.8 Å². The number of nitrogens with two attached hydrogens (primary N) is 1. The highest BCUT2D eigenvalue weighted by Crippen LogP contribution is 2.40. The first-order chi connectivity index (χ1) is 10.2. The molecule has 0 radical (unpaired) electrons. The molecule has 1 heterocycles. The van der Waals surface area contributed by atoms with Crippen LogP contribution in [0.1, 0.15) is 0 Å². The van der Waals surface area contributed by atoms with Gasteiger partial charge in [0, 0.05) is 22.4 Å². The number of urea groups is 1. The molecule has 2 aromatic carbocycles. The molecule has 0 aliphatic rings. The highest BCUT2D eigenvalue weighted by atomic mass is 16.3. The Labute approximate surface area is 119 Å². The highest BCUT2D eigenvalue weighted by Gasteiger charge is 2.15. The predicted octanol–water partition coefficient (Wildman–Crippen LogP) is 2.78. The fourth-order valence-corrected chi connectivity index (χ4v) is 2.33. The standard InChI is InChI=1S/C14H11N5O2/c15-14(20)18-17-12-10-6-3-7-16-11(10)8-4-1-2-5-9(8)13(12)19-21/h1-7,17H,(H3,15,18,20). The van der Waals surface area contributed by atoms with Gasteiger partial charge in [-0.25, -0.2) is 4.79 Å². The lowest BCUT2D eigenvalue weighted by Crippen LogP contribution is -2.34. The first-order valence-electron chi connectivity index (χ1n) is 6.16. The van der Waals surface area contributed by atoms with Gasteiger partial charge in [0.15, 0.2) is 0 Å². The van der Waals surface area contributed by atoms with Crippen molar-refractivity contribution in [1.29, 1.82) is 0 Å². The van der Waals surface area contributed by atoms with Gasteiger partial charge in [-0.1, -0.05) is 24.3 Å². The van der Waals surface area contributed by atoms with E-state index in [9.17, 15) is 9.70 Å². The number of fused-ring (bicyclic) bond motifs is 3. The van der Waals surface area contributed by atoms with E-state index >= 15 is 0 Å². The van der Waals surface area contributed by atoms with Gasteiger partial charge in [-0.15, -0.1) is 4.91 Å². The molecular weight excluding hydrogens is 270 g/mol. The number of rotatable bonds is 3. The molecule has 0 saturated heterocycles. The summed E-state index contributed by atoms with van der Waals surface area (Å²) in [5.74, 6) is 0. The third-order valence-electron chi connectivity index (χ3n) is 3.15. The van der Waals surface area contributed by atoms with Crippen molar-refractivity contribution in [2.24, 2.45) is 10.9 Å². The maximum Gasteiger partial charge on any atom is 0.330 e. The first kappa shape index (κ1) is 12.8. The second-order valence-corrected chi connectivity index (χ2v) is 4.37. The zero-order chi connectivity index (χ0) is 14.8. The molecule has 21 heavy (non-hydrogen) atoms. The van der Waals surface area contributed by atoms with Crippen molar-refractivity contribution in [2.45, 2.75) is 0 Å². The summed E-state index contributed by atoms with van der Waals surface area (Å²) < 4.78 is 0. The molecule has 0 aliphatic carbocycles. The molecule has 0 atom stereocenters. The molecule has 0 saturated carbocycles. The Bertz CT molecular complexity index is 862. The van der Waals surface area contributed by atoms with Crippen LogP contribution in [0.3, 0.4) is 0 Å². The van der Waals surface area contributed by atoms with Gasteiger partial charge < -0.3 is 5.73 Å². The Hall–Kier alpha value is -3.22. The van der Waals surface area contributed by atoms with E-state index in [0.29, 0.717) is 22.0 Å². The average Bonchev–Trinajstić information content (AvgIpc) is 2.52. The predicted molar refractivity (Wildman–Crippen MR) is 81.0 cm³/mol. The molecule has 1 aromatic heterocycles. The zero-order valence-electron chi connectivity index (χ0n) is 10.8. The number of primary amides is 1. The van der Waals surface area contributed by atoms with Crippen LogP contribution < -0.4 is 16.6 Å². The Morgan fingerprint density at radius 2 is 1.81 bits per heavy atom. The summed E-state index contributed by atoms with van der Waals surface area (Å²) in [6.45, 7) is 0. The number of carbonyl (C=O) groups is 1. The Kier molecular flexibility index (Phi) is 3.07. The van der Waals surface area contributed by atoms with Crippen LogP contribution in [0.4, 0.5) is 16.2 Å². The lowest BCUT2D eigenvalue weighted by Gasteiger charge is -2.13. The summed E-state index contributed by atoms with van der Waals surface area (Å²) in [6, 6.07) is 10.1. The number of carbonyl (C=O) groups excluding carboxylic acids is 1. The van der Waals surface area contributed by atoms with Gasteiger partial charge in [-0.2, -0.15) is 0 Å². The van der Waals surface area contributed by atoms with Crippen molar-refractivity contribution < 1.29 is 4.79 Å². The molecule has 4 N–H and O–H groups in total. The number of hydrazine groups is 1. The minimum atomic E-state index is -0.767. The largest absolute Gasteiger partial charge is 0.350 e. The zero-order valence-corrected chi connectivity index (χ0v) is 10.8. The van der Waals surface area contributed by atoms with E-state index in [-0.39, 0.29) is 5.69 Å². The summed E-state index contributed by atoms with van der Waals surface area (Å²) in [6.07, 6.45) is 1.66. The molecule has 0 aliphatic heterocycles. The van der Waals surface area contributed by atoms with Gasteiger partial charge in [0.2, 0.25) is 0 Å². The number of pyridine rings is 1. The van der Waals surface area contributed by atoms with Crippen LogP contribution >= 0.6 is 0 Å². The molecule has 104 valence electrons. The van der Waals surface area contributed by atoms with Gasteiger partial charge in [-0.05, 0) is 17.3 Å². The fourth-order valence-electron chi connectivity index (χ4n) is 2.33. The third-order valence-corrected chi connectivity index (χ3v) is 3.15. The average molecular weight is 281 g/mol. The van der Waals surface area contributed by atoms with Crippen molar-refractivity contribution >= 4 is 39.1 Å². The summed E-state index contributed by atoms with van der Waals surface area (Å²) in [5.41, 5.74) is 11.2. The van der Waals surface area contributed by atoms with Gasteiger partial charge in [0.05, 0.1) is 11.2 Å². The summed E-state index contributed by atoms with van der Waals surface area (Å²) >= 11 is 0. The van der Waals surface area contributed by atoms with Gasteiger partial charge in [0.1, 0.15) is 5.69 Å². The number of nitroso groups, excluding NO2 is 1. The number of benzene rings is 2. The Balaban J connectivity index is 2.40. The number of aromatic nitrogens is 1. The van der Waals surface area contributed by atoms with E-state index < -0.39 is 6.03 Å². The molecule has 0 bridgehead atoms.